The van der Waals surface area contributed by atoms with Crippen molar-refractivity contribution in [1.82, 2.24) is 9.44 Å². The summed E-state index contributed by atoms with van der Waals surface area (Å²) < 4.78 is 60.8. The van der Waals surface area contributed by atoms with Crippen LogP contribution in [0.4, 0.5) is 0 Å². The summed E-state index contributed by atoms with van der Waals surface area (Å²) in [7, 11) is -8.17. The van der Waals surface area contributed by atoms with E-state index in [9.17, 15) is 36.0 Å². The molecule has 2 aromatic rings. The largest absolute Gasteiger partial charge is 0.481 e. The monoisotopic (exact) mass is 832 g/mol. The number of aliphatic carboxylic acids is 1. The lowest BCUT2D eigenvalue weighted by Gasteiger charge is -2.41. The predicted octanol–water partition coefficient (Wildman–Crippen LogP) is 6.40. The number of unbranched alkanes of at least 4 members (excludes halogenated alkanes) is 8. The lowest BCUT2D eigenvalue weighted by molar-refractivity contribution is -0.143. The van der Waals surface area contributed by atoms with Gasteiger partial charge in [0.2, 0.25) is 20.0 Å². The average Bonchev–Trinajstić information content (AvgIpc) is 3.18. The van der Waals surface area contributed by atoms with Gasteiger partial charge in [0.15, 0.2) is 11.6 Å². The number of benzene rings is 2. The predicted molar refractivity (Wildman–Crippen MR) is 215 cm³/mol. The van der Waals surface area contributed by atoms with Gasteiger partial charge >= 0.3 is 11.9 Å². The van der Waals surface area contributed by atoms with Gasteiger partial charge in [-0.15, -0.1) is 0 Å². The zero-order valence-corrected chi connectivity index (χ0v) is 34.9. The van der Waals surface area contributed by atoms with Gasteiger partial charge in [-0.2, -0.15) is 0 Å². The maximum atomic E-state index is 13.3. The highest BCUT2D eigenvalue weighted by molar-refractivity contribution is 7.89. The summed E-state index contributed by atoms with van der Waals surface area (Å²) in [4.78, 5) is 49.0. The molecule has 13 nitrogen and oxygen atoms in total. The van der Waals surface area contributed by atoms with Crippen LogP contribution in [0.25, 0.3) is 0 Å². The highest BCUT2D eigenvalue weighted by atomic mass is 32.2. The Morgan fingerprint density at radius 1 is 0.684 bits per heavy atom. The first-order chi connectivity index (χ1) is 27.2. The molecule has 4 unspecified atom stereocenters. The Morgan fingerprint density at radius 3 is 1.75 bits per heavy atom. The SMILES string of the molecule is CC1CCC(CCCCCCCC(=O)OCCNS(=O)(=O)c2ccc3c(c2)C(=O)c2ccc(S(=O)(=O)NCCO)cc2C3=O)C(C)C1CCCCCCCC(=O)O. The molecule has 0 saturated heterocycles. The topological polar surface area (TPSA) is 210 Å². The maximum absolute atomic E-state index is 13.3. The van der Waals surface area contributed by atoms with Crippen molar-refractivity contribution < 1.29 is 51.0 Å². The van der Waals surface area contributed by atoms with Crippen LogP contribution in [0.1, 0.15) is 148 Å². The van der Waals surface area contributed by atoms with Crippen LogP contribution in [0, 0.1) is 23.7 Å². The summed E-state index contributed by atoms with van der Waals surface area (Å²) in [6.45, 7) is 3.83. The molecular formula is C42H60N2O11S2. The van der Waals surface area contributed by atoms with Gasteiger partial charge < -0.3 is 14.9 Å². The molecule has 1 fully saturated rings. The number of carboxylic acids is 1. The van der Waals surface area contributed by atoms with Crippen LogP contribution in [0.15, 0.2) is 46.2 Å². The van der Waals surface area contributed by atoms with E-state index in [1.807, 2.05) is 0 Å². The molecule has 316 valence electrons. The smallest absolute Gasteiger partial charge is 0.305 e. The number of ketones is 2. The van der Waals surface area contributed by atoms with Crippen molar-refractivity contribution >= 4 is 43.6 Å². The van der Waals surface area contributed by atoms with E-state index in [1.165, 1.54) is 63.1 Å². The van der Waals surface area contributed by atoms with E-state index in [0.717, 1.165) is 80.4 Å². The van der Waals surface area contributed by atoms with E-state index in [0.29, 0.717) is 6.42 Å². The van der Waals surface area contributed by atoms with Crippen molar-refractivity contribution in [2.75, 3.05) is 26.3 Å². The van der Waals surface area contributed by atoms with Gasteiger partial charge in [-0.1, -0.05) is 78.1 Å². The molecule has 2 aliphatic carbocycles. The molecule has 4 atom stereocenters. The van der Waals surface area contributed by atoms with Gasteiger partial charge in [0.1, 0.15) is 6.61 Å². The zero-order valence-electron chi connectivity index (χ0n) is 33.3. The molecule has 1 saturated carbocycles. The maximum Gasteiger partial charge on any atom is 0.305 e. The lowest BCUT2D eigenvalue weighted by Crippen LogP contribution is -2.31. The minimum atomic E-state index is -4.13. The summed E-state index contributed by atoms with van der Waals surface area (Å²) in [5.41, 5.74) is -0.386. The average molecular weight is 833 g/mol. The van der Waals surface area contributed by atoms with Crippen LogP contribution in [0.2, 0.25) is 0 Å². The number of carboxylic acid groups (broad SMARTS) is 1. The highest BCUT2D eigenvalue weighted by Gasteiger charge is 2.34. The molecule has 0 radical (unpaired) electrons. The number of hydrogen-bond donors (Lipinski definition) is 4. The first-order valence-electron chi connectivity index (χ1n) is 20.5. The second-order valence-corrected chi connectivity index (χ2v) is 19.2. The Hall–Kier alpha value is -3.50. The lowest BCUT2D eigenvalue weighted by atomic mass is 9.65. The summed E-state index contributed by atoms with van der Waals surface area (Å²) in [5, 5.41) is 17.7. The van der Waals surface area contributed by atoms with E-state index in [4.69, 9.17) is 14.9 Å². The Balaban J connectivity index is 1.11. The van der Waals surface area contributed by atoms with Crippen LogP contribution in [-0.2, 0) is 34.4 Å². The Labute approximate surface area is 337 Å². The van der Waals surface area contributed by atoms with E-state index < -0.39 is 50.2 Å². The van der Waals surface area contributed by atoms with Crippen LogP contribution in [0.5, 0.6) is 0 Å². The molecule has 0 heterocycles. The number of esters is 1. The fourth-order valence-corrected chi connectivity index (χ4v) is 10.5. The van der Waals surface area contributed by atoms with Crippen molar-refractivity contribution in [3.63, 3.8) is 0 Å². The summed E-state index contributed by atoms with van der Waals surface area (Å²) in [6, 6.07) is 6.95. The van der Waals surface area contributed by atoms with Crippen molar-refractivity contribution in [1.29, 1.82) is 0 Å². The molecule has 0 aromatic heterocycles. The number of aliphatic hydroxyl groups is 1. The van der Waals surface area contributed by atoms with Crippen LogP contribution in [-0.4, -0.2) is 76.9 Å². The molecule has 0 amide bonds. The van der Waals surface area contributed by atoms with E-state index in [1.54, 1.807) is 0 Å². The second-order valence-electron chi connectivity index (χ2n) is 15.7. The molecular weight excluding hydrogens is 773 g/mol. The third-order valence-corrected chi connectivity index (χ3v) is 14.6. The van der Waals surface area contributed by atoms with E-state index in [2.05, 4.69) is 23.3 Å². The van der Waals surface area contributed by atoms with E-state index in [-0.39, 0.29) is 64.6 Å². The molecule has 2 aliphatic rings. The number of carbonyl (C=O) groups is 4. The van der Waals surface area contributed by atoms with Gasteiger partial charge in [-0.05, 0) is 85.8 Å². The van der Waals surface area contributed by atoms with Crippen LogP contribution in [0.3, 0.4) is 0 Å². The number of fused-ring (bicyclic) bond motifs is 2. The fraction of sp³-hybridized carbons (Fsp3) is 0.619. The number of hydrogen-bond acceptors (Lipinski definition) is 10. The van der Waals surface area contributed by atoms with Crippen LogP contribution >= 0.6 is 0 Å². The number of nitrogens with one attached hydrogen (secondary N) is 2. The Morgan fingerprint density at radius 2 is 1.19 bits per heavy atom. The third kappa shape index (κ3) is 13.3. The minimum absolute atomic E-state index is 0.0623. The molecule has 0 bridgehead atoms. The van der Waals surface area contributed by atoms with Crippen LogP contribution < -0.4 is 9.44 Å². The van der Waals surface area contributed by atoms with Crippen molar-refractivity contribution in [3.8, 4) is 0 Å². The number of carbonyl (C=O) groups excluding carboxylic acids is 3. The first kappa shape index (κ1) is 46.2. The van der Waals surface area contributed by atoms with Gasteiger partial charge in [-0.3, -0.25) is 19.2 Å². The van der Waals surface area contributed by atoms with Crippen molar-refractivity contribution in [2.45, 2.75) is 126 Å². The number of ether oxygens (including phenoxy) is 1. The molecule has 57 heavy (non-hydrogen) atoms. The van der Waals surface area contributed by atoms with Gasteiger partial charge in [0.05, 0.1) is 16.4 Å². The molecule has 4 N–H and O–H groups in total. The molecule has 0 aliphatic heterocycles. The molecule has 2 aromatic carbocycles. The Bertz CT molecular complexity index is 1930. The van der Waals surface area contributed by atoms with Gasteiger partial charge in [0.25, 0.3) is 0 Å². The Kier molecular flexibility index (Phi) is 17.9. The number of rotatable bonds is 25. The number of aliphatic hydroxyl groups excluding tert-OH is 1. The first-order valence-corrected chi connectivity index (χ1v) is 23.5. The normalized spacial score (nSPS) is 19.6. The van der Waals surface area contributed by atoms with Crippen molar-refractivity contribution in [3.05, 3.63) is 58.7 Å². The molecule has 15 heteroatoms. The molecule has 4 rings (SSSR count). The van der Waals surface area contributed by atoms with E-state index >= 15 is 0 Å². The quantitative estimate of drug-likeness (QED) is 0.0542. The van der Waals surface area contributed by atoms with Gasteiger partial charge in [-0.25, -0.2) is 26.3 Å². The highest BCUT2D eigenvalue weighted by Crippen LogP contribution is 2.43. The third-order valence-electron chi connectivity index (χ3n) is 11.7. The fourth-order valence-electron chi connectivity index (χ4n) is 8.37. The summed E-state index contributed by atoms with van der Waals surface area (Å²) in [5.74, 6) is 0.629. The van der Waals surface area contributed by atoms with Crippen molar-refractivity contribution in [2.24, 2.45) is 23.7 Å². The minimum Gasteiger partial charge on any atom is -0.481 e. The summed E-state index contributed by atoms with van der Waals surface area (Å²) in [6.07, 6.45) is 15.9. The molecule has 0 spiro atoms. The summed E-state index contributed by atoms with van der Waals surface area (Å²) >= 11 is 0. The standard InChI is InChI=1S/C42H60N2O11S2/c1-29-17-18-31(30(2)34(29)14-10-6-4-7-11-15-39(46)47)13-9-5-3-8-12-16-40(48)55-26-24-44-57(53,54)33-20-22-36-38(28-33)42(50)35-21-19-32(27-37(35)41(36)49)56(51,52)43-23-25-45/h19-22,27-31,34,43-45H,3-18,23-26H2,1-2H3,(H,46,47). The second kappa shape index (κ2) is 22.0. The number of sulfonamides is 2. The zero-order chi connectivity index (χ0) is 41.6. The van der Waals surface area contributed by atoms with Gasteiger partial charge in [0, 0.05) is 48.2 Å².